The fourth-order valence-electron chi connectivity index (χ4n) is 6.30. The predicted molar refractivity (Wildman–Crippen MR) is 140 cm³/mol. The summed E-state index contributed by atoms with van der Waals surface area (Å²) in [5, 5.41) is 0. The second-order valence-electron chi connectivity index (χ2n) is 12.5. The second-order valence-corrected chi connectivity index (χ2v) is 12.5. The van der Waals surface area contributed by atoms with E-state index >= 15 is 0 Å². The molecule has 2 saturated carbocycles. The maximum absolute atomic E-state index is 14.1. The van der Waals surface area contributed by atoms with Crippen molar-refractivity contribution in [1.82, 2.24) is 4.90 Å². The molecule has 0 radical (unpaired) electrons. The van der Waals surface area contributed by atoms with Gasteiger partial charge in [-0.05, 0) is 47.5 Å². The van der Waals surface area contributed by atoms with E-state index in [1.54, 1.807) is 11.0 Å². The first-order valence-corrected chi connectivity index (χ1v) is 13.7. The molecule has 7 nitrogen and oxygen atoms in total. The van der Waals surface area contributed by atoms with E-state index in [1.165, 1.54) is 25.2 Å². The first-order valence-electron chi connectivity index (χ1n) is 13.7. The molecule has 1 aliphatic heterocycles. The Morgan fingerprint density at radius 2 is 1.65 bits per heavy atom. The molecule has 0 spiro atoms. The van der Waals surface area contributed by atoms with Crippen LogP contribution < -0.4 is 0 Å². The zero-order valence-electron chi connectivity index (χ0n) is 23.2. The normalized spacial score (nSPS) is 26.8. The van der Waals surface area contributed by atoms with Crippen molar-refractivity contribution >= 4 is 29.2 Å². The summed E-state index contributed by atoms with van der Waals surface area (Å²) < 4.78 is 5.31. The van der Waals surface area contributed by atoms with Crippen LogP contribution in [0.5, 0.6) is 0 Å². The Kier molecular flexibility index (Phi) is 8.97. The number of nitrogens with zero attached hydrogens (tertiary/aromatic N) is 1. The first kappa shape index (κ1) is 29.0. The lowest BCUT2D eigenvalue weighted by Crippen LogP contribution is -2.50. The van der Waals surface area contributed by atoms with E-state index in [2.05, 4.69) is 20.8 Å². The van der Waals surface area contributed by atoms with Crippen LogP contribution in [0.4, 0.5) is 0 Å². The van der Waals surface area contributed by atoms with Gasteiger partial charge in [-0.25, -0.2) is 4.79 Å². The van der Waals surface area contributed by atoms with Crippen molar-refractivity contribution in [2.45, 2.75) is 86.1 Å². The number of carbonyl (C=O) groups excluding carboxylic acids is 5. The third kappa shape index (κ3) is 6.47. The molecule has 2 unspecified atom stereocenters. The Morgan fingerprint density at radius 3 is 2.24 bits per heavy atom. The van der Waals surface area contributed by atoms with Crippen molar-refractivity contribution in [3.63, 3.8) is 0 Å². The fourth-order valence-corrected chi connectivity index (χ4v) is 6.30. The van der Waals surface area contributed by atoms with E-state index in [-0.39, 0.29) is 46.7 Å². The van der Waals surface area contributed by atoms with Gasteiger partial charge < -0.3 is 9.64 Å². The number of piperidine rings is 1. The summed E-state index contributed by atoms with van der Waals surface area (Å²) in [5.74, 6) is -1.90. The Hall–Kier alpha value is -2.57. The smallest absolute Gasteiger partial charge is 0.330 e. The summed E-state index contributed by atoms with van der Waals surface area (Å²) in [6.45, 7) is 12.3. The average molecular weight is 514 g/mol. The van der Waals surface area contributed by atoms with Crippen molar-refractivity contribution < 1.29 is 28.7 Å². The van der Waals surface area contributed by atoms with Gasteiger partial charge in [0.15, 0.2) is 11.6 Å². The molecule has 0 N–H and O–H groups in total. The molecule has 0 aromatic carbocycles. The number of likely N-dealkylation sites (tertiary alicyclic amines) is 1. The molecule has 3 aliphatic rings. The summed E-state index contributed by atoms with van der Waals surface area (Å²) >= 11 is 0. The van der Waals surface area contributed by atoms with E-state index in [9.17, 15) is 24.0 Å². The number of ketones is 3. The molecule has 1 amide bonds. The molecule has 0 bridgehead atoms. The quantitative estimate of drug-likeness (QED) is 0.229. The summed E-state index contributed by atoms with van der Waals surface area (Å²) in [6.07, 6.45) is 10.7. The number of allylic oxidation sites excluding steroid dienone is 1. The van der Waals surface area contributed by atoms with Crippen molar-refractivity contribution in [3.05, 3.63) is 24.3 Å². The number of ether oxygens (including phenoxy) is 1. The highest BCUT2D eigenvalue weighted by atomic mass is 16.5. The second kappa shape index (κ2) is 11.4. The molecular formula is C30H43NO6. The number of fused-ring (bicyclic) bond motifs is 1. The Bertz CT molecular complexity index is 984. The van der Waals surface area contributed by atoms with Gasteiger partial charge in [0, 0.05) is 26.0 Å². The Balaban J connectivity index is 1.85. The number of amides is 1. The lowest BCUT2D eigenvalue weighted by molar-refractivity contribution is -0.144. The van der Waals surface area contributed by atoms with Gasteiger partial charge in [-0.3, -0.25) is 19.2 Å². The van der Waals surface area contributed by atoms with Gasteiger partial charge in [-0.15, -0.1) is 0 Å². The zero-order valence-corrected chi connectivity index (χ0v) is 23.2. The van der Waals surface area contributed by atoms with Crippen LogP contribution in [-0.2, 0) is 28.7 Å². The lowest BCUT2D eigenvalue weighted by Gasteiger charge is -2.42. The first-order chi connectivity index (χ1) is 17.3. The van der Waals surface area contributed by atoms with Crippen LogP contribution in [0.1, 0.15) is 80.1 Å². The molecule has 7 heteroatoms. The van der Waals surface area contributed by atoms with Crippen LogP contribution in [-0.4, -0.2) is 53.3 Å². The number of Topliss-reactive ketones (excluding diaryl/α,β-unsaturated/α-hetero) is 2. The minimum absolute atomic E-state index is 0.0408. The topological polar surface area (TPSA) is 97.8 Å². The molecule has 2 aliphatic carbocycles. The number of esters is 1. The molecule has 3 rings (SSSR count). The van der Waals surface area contributed by atoms with Crippen molar-refractivity contribution in [1.29, 1.82) is 0 Å². The van der Waals surface area contributed by atoms with Gasteiger partial charge in [0.2, 0.25) is 11.7 Å². The largest absolute Gasteiger partial charge is 0.462 e. The number of hydrogen-bond donors (Lipinski definition) is 0. The van der Waals surface area contributed by atoms with Gasteiger partial charge in [0.25, 0.3) is 0 Å². The summed E-state index contributed by atoms with van der Waals surface area (Å²) in [5.41, 5.74) is -0.343. The molecular weight excluding hydrogens is 470 g/mol. The van der Waals surface area contributed by atoms with E-state index in [1.807, 2.05) is 13.8 Å². The molecule has 1 saturated heterocycles. The van der Waals surface area contributed by atoms with Gasteiger partial charge >= 0.3 is 5.97 Å². The molecule has 204 valence electrons. The maximum Gasteiger partial charge on any atom is 0.330 e. The van der Waals surface area contributed by atoms with Crippen molar-refractivity contribution in [2.24, 2.45) is 34.5 Å². The maximum atomic E-state index is 14.1. The highest BCUT2D eigenvalue weighted by Gasteiger charge is 2.69. The fraction of sp³-hybridized carbons (Fsp3) is 0.700. The summed E-state index contributed by atoms with van der Waals surface area (Å²) in [6, 6.07) is -0.604. The van der Waals surface area contributed by atoms with Crippen LogP contribution >= 0.6 is 0 Å². The molecule has 37 heavy (non-hydrogen) atoms. The zero-order chi connectivity index (χ0) is 27.5. The minimum atomic E-state index is -0.604. The molecule has 1 heterocycles. The van der Waals surface area contributed by atoms with Crippen LogP contribution in [0.2, 0.25) is 0 Å². The van der Waals surface area contributed by atoms with Gasteiger partial charge in [0.1, 0.15) is 0 Å². The van der Waals surface area contributed by atoms with Crippen LogP contribution in [0.15, 0.2) is 24.3 Å². The van der Waals surface area contributed by atoms with E-state index in [0.717, 1.165) is 32.1 Å². The Labute approximate surface area is 221 Å². The van der Waals surface area contributed by atoms with Gasteiger partial charge in [0.05, 0.1) is 18.6 Å². The van der Waals surface area contributed by atoms with Gasteiger partial charge in [-0.2, -0.15) is 0 Å². The van der Waals surface area contributed by atoms with Crippen molar-refractivity contribution in [3.8, 4) is 0 Å². The highest BCUT2D eigenvalue weighted by molar-refractivity contribution is 6.36. The third-order valence-electron chi connectivity index (χ3n) is 8.76. The summed E-state index contributed by atoms with van der Waals surface area (Å²) in [7, 11) is 0. The number of rotatable bonds is 11. The van der Waals surface area contributed by atoms with Crippen LogP contribution in [0.3, 0.4) is 0 Å². The average Bonchev–Trinajstić information content (AvgIpc) is 3.16. The van der Waals surface area contributed by atoms with E-state index < -0.39 is 29.5 Å². The number of hydrogen-bond acceptors (Lipinski definition) is 6. The van der Waals surface area contributed by atoms with Crippen LogP contribution in [0.25, 0.3) is 0 Å². The van der Waals surface area contributed by atoms with Crippen LogP contribution in [0, 0.1) is 34.5 Å². The van der Waals surface area contributed by atoms with Crippen molar-refractivity contribution in [2.75, 3.05) is 13.2 Å². The van der Waals surface area contributed by atoms with Gasteiger partial charge in [-0.1, -0.05) is 66.0 Å². The monoisotopic (exact) mass is 513 g/mol. The minimum Gasteiger partial charge on any atom is -0.462 e. The van der Waals surface area contributed by atoms with E-state index in [0.29, 0.717) is 13.2 Å². The lowest BCUT2D eigenvalue weighted by atomic mass is 9.66. The molecule has 0 aromatic rings. The Morgan fingerprint density at radius 1 is 1.00 bits per heavy atom. The SMILES string of the molecule is CC(=O)C(=O)C/C=C/C(=O)[C@@H]1C2C(CN1C(=O)[C@@H](/C=C/C(=O)OCC(C)C)C1(C)CCCCC1)C2(C)C. The molecule has 4 atom stereocenters. The summed E-state index contributed by atoms with van der Waals surface area (Å²) in [4.78, 5) is 64.5. The standard InChI is InChI=1S/C30H43NO6/c1-19(2)18-37-25(35)14-13-21(30(6)15-8-7-9-16-30)28(36)31-17-22-26(29(22,4)5)27(31)24(34)12-10-11-23(33)20(3)32/h10,12-14,19,21-22,26-27H,7-9,11,15-18H2,1-6H3/b12-10+,14-13+/t21-,22?,26?,27-/m1/s1. The highest BCUT2D eigenvalue weighted by Crippen LogP contribution is 2.65. The number of carbonyl (C=O) groups is 5. The molecule has 0 aromatic heterocycles. The predicted octanol–water partition coefficient (Wildman–Crippen LogP) is 4.48. The van der Waals surface area contributed by atoms with E-state index in [4.69, 9.17) is 4.74 Å². The molecule has 3 fully saturated rings. The third-order valence-corrected chi connectivity index (χ3v) is 8.76.